The number of anilines is 1. The molecule has 2 heterocycles. The lowest BCUT2D eigenvalue weighted by Crippen LogP contribution is -2.34. The van der Waals surface area contributed by atoms with E-state index in [1.165, 1.54) is 22.3 Å². The number of esters is 1. The molecule has 0 fully saturated rings. The van der Waals surface area contributed by atoms with Crippen LogP contribution >= 0.6 is 11.3 Å². The molecule has 4 rings (SSSR count). The van der Waals surface area contributed by atoms with E-state index >= 15 is 0 Å². The highest BCUT2D eigenvalue weighted by Gasteiger charge is 2.19. The number of ether oxygens (including phenoxy) is 1. The summed E-state index contributed by atoms with van der Waals surface area (Å²) >= 11 is 1.43. The van der Waals surface area contributed by atoms with Crippen molar-refractivity contribution in [3.05, 3.63) is 72.4 Å². The van der Waals surface area contributed by atoms with Crippen LogP contribution in [0.3, 0.4) is 0 Å². The van der Waals surface area contributed by atoms with Crippen LogP contribution in [-0.4, -0.2) is 35.0 Å². The SMILES string of the molecule is CCN(C(=O)COC(=O)/C=C/c1ccc2ccccc2n1)c1nc2ccccc2s1. The molecule has 4 aromatic rings. The Labute approximate surface area is 177 Å². The molecule has 0 atom stereocenters. The summed E-state index contributed by atoms with van der Waals surface area (Å²) in [5.74, 6) is -0.916. The molecule has 1 amide bonds. The highest BCUT2D eigenvalue weighted by atomic mass is 32.1. The Morgan fingerprint density at radius 1 is 1.00 bits per heavy atom. The van der Waals surface area contributed by atoms with E-state index in [2.05, 4.69) is 9.97 Å². The molecule has 0 saturated carbocycles. The largest absolute Gasteiger partial charge is 0.452 e. The Morgan fingerprint density at radius 3 is 2.57 bits per heavy atom. The zero-order valence-electron chi connectivity index (χ0n) is 16.3. The lowest BCUT2D eigenvalue weighted by molar-refractivity contribution is -0.142. The molecule has 0 aliphatic heterocycles. The van der Waals surface area contributed by atoms with Gasteiger partial charge in [0, 0.05) is 18.0 Å². The van der Waals surface area contributed by atoms with Crippen LogP contribution in [0.25, 0.3) is 27.2 Å². The number of hydrogen-bond donors (Lipinski definition) is 0. The maximum atomic E-state index is 12.6. The highest BCUT2D eigenvalue weighted by molar-refractivity contribution is 7.22. The standard InChI is InChI=1S/C23H19N3O3S/c1-2-26(23-25-19-9-5-6-10-20(19)30-23)21(27)15-29-22(28)14-13-17-12-11-16-7-3-4-8-18(16)24-17/h3-14H,2,15H2,1H3/b14-13+. The van der Waals surface area contributed by atoms with Gasteiger partial charge in [-0.15, -0.1) is 0 Å². The molecule has 0 spiro atoms. The van der Waals surface area contributed by atoms with Crippen molar-refractivity contribution in [2.45, 2.75) is 6.92 Å². The number of thiazole rings is 1. The molecular weight excluding hydrogens is 398 g/mol. The minimum absolute atomic E-state index is 0.317. The number of likely N-dealkylation sites (N-methyl/N-ethyl adjacent to an activating group) is 1. The van der Waals surface area contributed by atoms with Crippen LogP contribution in [0.1, 0.15) is 12.6 Å². The minimum Gasteiger partial charge on any atom is -0.452 e. The predicted molar refractivity (Wildman–Crippen MR) is 119 cm³/mol. The van der Waals surface area contributed by atoms with Gasteiger partial charge in [0.15, 0.2) is 11.7 Å². The fourth-order valence-corrected chi connectivity index (χ4v) is 4.03. The molecule has 7 heteroatoms. The van der Waals surface area contributed by atoms with E-state index in [0.717, 1.165) is 21.1 Å². The van der Waals surface area contributed by atoms with Crippen molar-refractivity contribution in [1.82, 2.24) is 9.97 Å². The minimum atomic E-state index is -0.598. The number of carbonyl (C=O) groups excluding carboxylic acids is 2. The molecular formula is C23H19N3O3S. The Hall–Kier alpha value is -3.58. The zero-order chi connectivity index (χ0) is 20.9. The highest BCUT2D eigenvalue weighted by Crippen LogP contribution is 2.28. The lowest BCUT2D eigenvalue weighted by Gasteiger charge is -2.17. The van der Waals surface area contributed by atoms with Gasteiger partial charge in [-0.05, 0) is 37.3 Å². The molecule has 0 saturated heterocycles. The number of nitrogens with zero attached hydrogens (tertiary/aromatic N) is 3. The fourth-order valence-electron chi connectivity index (χ4n) is 2.98. The first-order valence-electron chi connectivity index (χ1n) is 9.50. The van der Waals surface area contributed by atoms with Crippen molar-refractivity contribution >= 4 is 55.5 Å². The number of pyridine rings is 1. The second-order valence-electron chi connectivity index (χ2n) is 6.47. The number of para-hydroxylation sites is 2. The normalized spacial score (nSPS) is 11.2. The summed E-state index contributed by atoms with van der Waals surface area (Å²) in [6.07, 6.45) is 2.85. The van der Waals surface area contributed by atoms with E-state index in [-0.39, 0.29) is 12.5 Å². The second kappa shape index (κ2) is 8.84. The van der Waals surface area contributed by atoms with Gasteiger partial charge in [0.25, 0.3) is 5.91 Å². The van der Waals surface area contributed by atoms with Gasteiger partial charge in [0.05, 0.1) is 21.4 Å². The van der Waals surface area contributed by atoms with Gasteiger partial charge >= 0.3 is 5.97 Å². The van der Waals surface area contributed by atoms with Crippen LogP contribution in [0, 0.1) is 0 Å². The monoisotopic (exact) mass is 417 g/mol. The number of carbonyl (C=O) groups is 2. The number of benzene rings is 2. The second-order valence-corrected chi connectivity index (χ2v) is 7.48. The third kappa shape index (κ3) is 4.36. The first-order chi connectivity index (χ1) is 14.6. The molecule has 0 N–H and O–H groups in total. The van der Waals surface area contributed by atoms with Crippen molar-refractivity contribution in [2.24, 2.45) is 0 Å². The summed E-state index contributed by atoms with van der Waals surface area (Å²) < 4.78 is 6.12. The quantitative estimate of drug-likeness (QED) is 0.342. The van der Waals surface area contributed by atoms with Crippen LogP contribution in [0.15, 0.2) is 66.7 Å². The summed E-state index contributed by atoms with van der Waals surface area (Å²) in [6.45, 7) is 1.95. The molecule has 150 valence electrons. The van der Waals surface area contributed by atoms with E-state index in [4.69, 9.17) is 4.74 Å². The molecule has 2 aromatic heterocycles. The number of fused-ring (bicyclic) bond motifs is 2. The molecule has 2 aromatic carbocycles. The summed E-state index contributed by atoms with van der Waals surface area (Å²) in [7, 11) is 0. The van der Waals surface area contributed by atoms with E-state index < -0.39 is 5.97 Å². The summed E-state index contributed by atoms with van der Waals surface area (Å²) in [5, 5.41) is 1.62. The van der Waals surface area contributed by atoms with E-state index in [1.54, 1.807) is 6.08 Å². The number of rotatable bonds is 6. The summed E-state index contributed by atoms with van der Waals surface area (Å²) in [4.78, 5) is 35.1. The van der Waals surface area contributed by atoms with Crippen molar-refractivity contribution in [3.63, 3.8) is 0 Å². The fraction of sp³-hybridized carbons (Fsp3) is 0.130. The van der Waals surface area contributed by atoms with Gasteiger partial charge in [0.2, 0.25) is 0 Å². The summed E-state index contributed by atoms with van der Waals surface area (Å²) in [6, 6.07) is 19.2. The Morgan fingerprint density at radius 2 is 1.77 bits per heavy atom. The van der Waals surface area contributed by atoms with E-state index in [1.807, 2.05) is 67.6 Å². The average molecular weight is 417 g/mol. The number of aromatic nitrogens is 2. The lowest BCUT2D eigenvalue weighted by atomic mass is 10.2. The maximum Gasteiger partial charge on any atom is 0.331 e. The Kier molecular flexibility index (Phi) is 5.81. The van der Waals surface area contributed by atoms with Crippen molar-refractivity contribution in [1.29, 1.82) is 0 Å². The molecule has 0 unspecified atom stereocenters. The smallest absolute Gasteiger partial charge is 0.331 e. The molecule has 6 nitrogen and oxygen atoms in total. The maximum absolute atomic E-state index is 12.6. The molecule has 0 radical (unpaired) electrons. The molecule has 0 aliphatic rings. The topological polar surface area (TPSA) is 72.4 Å². The molecule has 0 bridgehead atoms. The van der Waals surface area contributed by atoms with Gasteiger partial charge in [-0.3, -0.25) is 9.69 Å². The predicted octanol–water partition coefficient (Wildman–Crippen LogP) is 4.45. The zero-order valence-corrected chi connectivity index (χ0v) is 17.1. The van der Waals surface area contributed by atoms with Crippen molar-refractivity contribution in [3.8, 4) is 0 Å². The van der Waals surface area contributed by atoms with Crippen molar-refractivity contribution in [2.75, 3.05) is 18.1 Å². The van der Waals surface area contributed by atoms with Crippen LogP contribution in [-0.2, 0) is 14.3 Å². The van der Waals surface area contributed by atoms with Crippen LogP contribution in [0.5, 0.6) is 0 Å². The van der Waals surface area contributed by atoms with Gasteiger partial charge < -0.3 is 4.74 Å². The Bertz CT molecular complexity index is 1220. The summed E-state index contributed by atoms with van der Waals surface area (Å²) in [5.41, 5.74) is 2.32. The number of hydrogen-bond acceptors (Lipinski definition) is 6. The first kappa shape index (κ1) is 19.7. The van der Waals surface area contributed by atoms with Crippen LogP contribution in [0.2, 0.25) is 0 Å². The van der Waals surface area contributed by atoms with Crippen molar-refractivity contribution < 1.29 is 14.3 Å². The van der Waals surface area contributed by atoms with E-state index in [9.17, 15) is 9.59 Å². The van der Waals surface area contributed by atoms with E-state index in [0.29, 0.717) is 17.4 Å². The van der Waals surface area contributed by atoms with Gasteiger partial charge in [-0.1, -0.05) is 47.7 Å². The van der Waals surface area contributed by atoms with Crippen LogP contribution in [0.4, 0.5) is 5.13 Å². The Balaban J connectivity index is 1.38. The average Bonchev–Trinajstić information content (AvgIpc) is 3.20. The number of amides is 1. The van der Waals surface area contributed by atoms with Crippen LogP contribution < -0.4 is 4.90 Å². The third-order valence-corrected chi connectivity index (χ3v) is 5.54. The third-order valence-electron chi connectivity index (χ3n) is 4.48. The van der Waals surface area contributed by atoms with Gasteiger partial charge in [-0.25, -0.2) is 14.8 Å². The van der Waals surface area contributed by atoms with Gasteiger partial charge in [0.1, 0.15) is 0 Å². The van der Waals surface area contributed by atoms with Gasteiger partial charge in [-0.2, -0.15) is 0 Å². The first-order valence-corrected chi connectivity index (χ1v) is 10.3. The molecule has 30 heavy (non-hydrogen) atoms. The molecule has 0 aliphatic carbocycles.